The van der Waals surface area contributed by atoms with Gasteiger partial charge in [-0.1, -0.05) is 32.6 Å². The number of fused-ring (bicyclic) bond motifs is 1. The van der Waals surface area contributed by atoms with Crippen LogP contribution < -0.4 is 11.3 Å². The lowest BCUT2D eigenvalue weighted by Crippen LogP contribution is -2.14. The van der Waals surface area contributed by atoms with Crippen LogP contribution in [0.3, 0.4) is 0 Å². The van der Waals surface area contributed by atoms with E-state index in [9.17, 15) is 9.59 Å². The Morgan fingerprint density at radius 1 is 1.35 bits per heavy atom. The number of aromatic nitrogens is 3. The van der Waals surface area contributed by atoms with Crippen molar-refractivity contribution < 1.29 is 4.79 Å². The molecule has 0 aromatic carbocycles. The largest absolute Gasteiger partial charge is 0.369 e. The van der Waals surface area contributed by atoms with Crippen molar-refractivity contribution in [3.05, 3.63) is 22.6 Å². The summed E-state index contributed by atoms with van der Waals surface area (Å²) in [6.45, 7) is 2.16. The quantitative estimate of drug-likeness (QED) is 0.791. The van der Waals surface area contributed by atoms with Crippen LogP contribution in [-0.2, 0) is 0 Å². The molecule has 0 aliphatic carbocycles. The van der Waals surface area contributed by atoms with Crippen LogP contribution in [-0.4, -0.2) is 20.4 Å². The molecule has 0 spiro atoms. The fourth-order valence-corrected chi connectivity index (χ4v) is 2.24. The van der Waals surface area contributed by atoms with Crippen LogP contribution in [0.2, 0.25) is 0 Å². The van der Waals surface area contributed by atoms with E-state index in [-0.39, 0.29) is 17.4 Å². The van der Waals surface area contributed by atoms with Gasteiger partial charge in [0.05, 0.1) is 5.39 Å². The van der Waals surface area contributed by atoms with Crippen molar-refractivity contribution in [1.29, 1.82) is 0 Å². The highest BCUT2D eigenvalue weighted by molar-refractivity contribution is 5.90. The maximum absolute atomic E-state index is 12.1. The van der Waals surface area contributed by atoms with Crippen LogP contribution in [0.5, 0.6) is 0 Å². The first-order chi connectivity index (χ1) is 9.63. The highest BCUT2D eigenvalue weighted by Gasteiger charge is 2.12. The first kappa shape index (κ1) is 14.3. The van der Waals surface area contributed by atoms with E-state index >= 15 is 0 Å². The number of hydrogen-bond acceptors (Lipinski definition) is 4. The molecule has 0 radical (unpaired) electrons. The molecule has 0 saturated carbocycles. The van der Waals surface area contributed by atoms with Crippen LogP contribution in [0.15, 0.2) is 17.1 Å². The average molecular weight is 276 g/mol. The van der Waals surface area contributed by atoms with E-state index in [2.05, 4.69) is 16.9 Å². The zero-order valence-electron chi connectivity index (χ0n) is 11.7. The van der Waals surface area contributed by atoms with E-state index in [0.29, 0.717) is 17.5 Å². The number of carbonyl (C=O) groups is 1. The molecule has 0 aliphatic heterocycles. The number of rotatable bonds is 6. The summed E-state index contributed by atoms with van der Waals surface area (Å²) in [6, 6.07) is 1.59. The molecule has 2 aromatic rings. The maximum atomic E-state index is 12.1. The lowest BCUT2D eigenvalue weighted by Gasteiger charge is -2.04. The van der Waals surface area contributed by atoms with Gasteiger partial charge in [-0.25, -0.2) is 0 Å². The van der Waals surface area contributed by atoms with Gasteiger partial charge in [0, 0.05) is 12.6 Å². The van der Waals surface area contributed by atoms with Crippen molar-refractivity contribution in [3.63, 3.8) is 0 Å². The molecular weight excluding hydrogens is 256 g/mol. The lowest BCUT2D eigenvalue weighted by molar-refractivity contribution is 0.0904. The van der Waals surface area contributed by atoms with Gasteiger partial charge in [-0.2, -0.15) is 4.98 Å². The number of aromatic amines is 1. The number of nitrogens with zero attached hydrogens (tertiary/aromatic N) is 2. The number of nitrogen functional groups attached to an aromatic ring is 1. The molecule has 20 heavy (non-hydrogen) atoms. The third-order valence-corrected chi connectivity index (χ3v) is 3.33. The fraction of sp³-hybridized carbons (Fsp3) is 0.500. The Morgan fingerprint density at radius 2 is 2.10 bits per heavy atom. The third-order valence-electron chi connectivity index (χ3n) is 3.33. The minimum atomic E-state index is -0.318. The topological polar surface area (TPSA) is 93.8 Å². The van der Waals surface area contributed by atoms with Crippen LogP contribution in [0.4, 0.5) is 5.95 Å². The van der Waals surface area contributed by atoms with Gasteiger partial charge in [0.15, 0.2) is 5.65 Å². The highest BCUT2D eigenvalue weighted by Crippen LogP contribution is 2.12. The molecule has 0 bridgehead atoms. The number of nitrogens with two attached hydrogens (primary N) is 1. The van der Waals surface area contributed by atoms with Crippen LogP contribution in [0.1, 0.15) is 50.2 Å². The number of anilines is 1. The summed E-state index contributed by atoms with van der Waals surface area (Å²) in [5, 5.41) is 0.388. The van der Waals surface area contributed by atoms with Crippen molar-refractivity contribution in [2.24, 2.45) is 0 Å². The second kappa shape index (κ2) is 6.36. The van der Waals surface area contributed by atoms with Crippen LogP contribution in [0.25, 0.3) is 11.0 Å². The van der Waals surface area contributed by atoms with E-state index < -0.39 is 0 Å². The number of H-pyrrole nitrogens is 1. The Labute approximate surface area is 117 Å². The van der Waals surface area contributed by atoms with Gasteiger partial charge in [0.2, 0.25) is 11.9 Å². The first-order valence-corrected chi connectivity index (χ1v) is 7.03. The van der Waals surface area contributed by atoms with E-state index in [1.54, 1.807) is 12.3 Å². The number of unbranched alkanes of at least 4 members (excludes halogenated alkanes) is 4. The molecule has 0 saturated heterocycles. The zero-order valence-corrected chi connectivity index (χ0v) is 11.7. The molecule has 108 valence electrons. The first-order valence-electron chi connectivity index (χ1n) is 7.03. The summed E-state index contributed by atoms with van der Waals surface area (Å²) in [5.41, 5.74) is 5.54. The molecule has 2 aromatic heterocycles. The number of nitrogens with one attached hydrogen (secondary N) is 1. The summed E-state index contributed by atoms with van der Waals surface area (Å²) >= 11 is 0. The summed E-state index contributed by atoms with van der Waals surface area (Å²) in [4.78, 5) is 30.3. The fourth-order valence-electron chi connectivity index (χ4n) is 2.24. The molecule has 0 amide bonds. The standard InChI is InChI=1S/C14H20N4O2/c1-2-3-4-5-6-7-11(19)18-9-8-10-12(18)16-14(15)17-13(10)20/h8-9H,2-7H2,1H3,(H3,15,16,17,20). The molecule has 0 atom stereocenters. The van der Waals surface area contributed by atoms with Gasteiger partial charge in [-0.3, -0.25) is 19.1 Å². The molecule has 0 fully saturated rings. The van der Waals surface area contributed by atoms with Gasteiger partial charge in [-0.05, 0) is 12.5 Å². The number of carbonyl (C=O) groups excluding carboxylic acids is 1. The molecule has 0 unspecified atom stereocenters. The Hall–Kier alpha value is -2.11. The molecule has 6 heteroatoms. The van der Waals surface area contributed by atoms with Gasteiger partial charge < -0.3 is 5.73 Å². The Balaban J connectivity index is 2.09. The summed E-state index contributed by atoms with van der Waals surface area (Å²) in [6.07, 6.45) is 7.49. The Bertz CT molecular complexity index is 657. The number of hydrogen-bond donors (Lipinski definition) is 2. The van der Waals surface area contributed by atoms with E-state index in [0.717, 1.165) is 19.3 Å². The predicted octanol–water partition coefficient (Wildman–Crippen LogP) is 2.31. The summed E-state index contributed by atoms with van der Waals surface area (Å²) in [7, 11) is 0. The van der Waals surface area contributed by atoms with Crippen LogP contribution in [0, 0.1) is 0 Å². The molecule has 6 nitrogen and oxygen atoms in total. The van der Waals surface area contributed by atoms with Gasteiger partial charge in [0.25, 0.3) is 5.56 Å². The highest BCUT2D eigenvalue weighted by atomic mass is 16.2. The van der Waals surface area contributed by atoms with Crippen molar-refractivity contribution in [3.8, 4) is 0 Å². The predicted molar refractivity (Wildman–Crippen MR) is 78.8 cm³/mol. The molecule has 2 heterocycles. The third kappa shape index (κ3) is 3.07. The van der Waals surface area contributed by atoms with E-state index in [4.69, 9.17) is 5.73 Å². The molecule has 3 N–H and O–H groups in total. The maximum Gasteiger partial charge on any atom is 0.261 e. The summed E-state index contributed by atoms with van der Waals surface area (Å²) < 4.78 is 1.42. The molecule has 2 rings (SSSR count). The van der Waals surface area contributed by atoms with E-state index in [1.807, 2.05) is 0 Å². The normalized spacial score (nSPS) is 11.1. The minimum Gasteiger partial charge on any atom is -0.369 e. The Kier molecular flexibility index (Phi) is 4.55. The molecule has 0 aliphatic rings. The van der Waals surface area contributed by atoms with Gasteiger partial charge >= 0.3 is 0 Å². The van der Waals surface area contributed by atoms with E-state index in [1.165, 1.54) is 17.4 Å². The molecular formula is C14H20N4O2. The second-order valence-electron chi connectivity index (χ2n) is 4.93. The van der Waals surface area contributed by atoms with Crippen LogP contribution >= 0.6 is 0 Å². The van der Waals surface area contributed by atoms with Crippen molar-refractivity contribution >= 4 is 22.9 Å². The van der Waals surface area contributed by atoms with Crippen molar-refractivity contribution in [2.45, 2.75) is 45.4 Å². The van der Waals surface area contributed by atoms with Gasteiger partial charge in [-0.15, -0.1) is 0 Å². The second-order valence-corrected chi connectivity index (χ2v) is 4.93. The average Bonchev–Trinajstić information content (AvgIpc) is 2.82. The van der Waals surface area contributed by atoms with Crippen molar-refractivity contribution in [2.75, 3.05) is 5.73 Å². The monoisotopic (exact) mass is 276 g/mol. The summed E-state index contributed by atoms with van der Waals surface area (Å²) in [5.74, 6) is -0.0211. The smallest absolute Gasteiger partial charge is 0.261 e. The SMILES string of the molecule is CCCCCCCC(=O)n1ccc2c(=O)[nH]c(N)nc21. The lowest BCUT2D eigenvalue weighted by atomic mass is 10.1. The Morgan fingerprint density at radius 3 is 2.85 bits per heavy atom. The minimum absolute atomic E-state index is 0.0261. The van der Waals surface area contributed by atoms with Crippen molar-refractivity contribution in [1.82, 2.24) is 14.5 Å². The van der Waals surface area contributed by atoms with Gasteiger partial charge in [0.1, 0.15) is 0 Å². The zero-order chi connectivity index (χ0) is 14.5.